The largest absolute Gasteiger partial charge is 0.494 e. The van der Waals surface area contributed by atoms with Crippen molar-refractivity contribution in [2.45, 2.75) is 6.04 Å². The number of nitrogens with one attached hydrogen (secondary N) is 1. The first-order valence-corrected chi connectivity index (χ1v) is 7.22. The quantitative estimate of drug-likeness (QED) is 0.925. The second-order valence-electron chi connectivity index (χ2n) is 5.18. The Bertz CT molecular complexity index is 631. The van der Waals surface area contributed by atoms with Gasteiger partial charge in [-0.05, 0) is 24.3 Å². The Morgan fingerprint density at radius 2 is 1.96 bits per heavy atom. The molecule has 0 amide bonds. The highest BCUT2D eigenvalue weighted by Crippen LogP contribution is 2.36. The number of methoxy groups -OCH3 is 1. The zero-order valence-corrected chi connectivity index (χ0v) is 13.5. The molecule has 3 rings (SSSR count). The summed E-state index contributed by atoms with van der Waals surface area (Å²) in [7, 11) is 1.37. The van der Waals surface area contributed by atoms with Gasteiger partial charge in [0, 0.05) is 26.2 Å². The first-order valence-electron chi connectivity index (χ1n) is 7.22. The average Bonchev–Trinajstić information content (AvgIpc) is 3.06. The highest BCUT2D eigenvalue weighted by Gasteiger charge is 2.32. The third-order valence-corrected chi connectivity index (χ3v) is 3.91. The van der Waals surface area contributed by atoms with E-state index in [1.54, 1.807) is 12.1 Å². The van der Waals surface area contributed by atoms with Crippen LogP contribution < -0.4 is 10.1 Å². The Morgan fingerprint density at radius 3 is 2.57 bits per heavy atom. The van der Waals surface area contributed by atoms with Gasteiger partial charge < -0.3 is 14.5 Å². The van der Waals surface area contributed by atoms with Crippen LogP contribution in [0.15, 0.2) is 34.9 Å². The van der Waals surface area contributed by atoms with Gasteiger partial charge in [-0.1, -0.05) is 0 Å². The van der Waals surface area contributed by atoms with Crippen molar-refractivity contribution in [2.75, 3.05) is 33.3 Å². The molecule has 0 radical (unpaired) electrons. The van der Waals surface area contributed by atoms with Gasteiger partial charge in [-0.25, -0.2) is 8.78 Å². The van der Waals surface area contributed by atoms with Gasteiger partial charge in [0.2, 0.25) is 0 Å². The smallest absolute Gasteiger partial charge is 0.173 e. The molecule has 2 aromatic rings. The number of piperazine rings is 1. The summed E-state index contributed by atoms with van der Waals surface area (Å²) >= 11 is 0. The van der Waals surface area contributed by atoms with Crippen LogP contribution in [-0.2, 0) is 0 Å². The molecule has 4 nitrogen and oxygen atoms in total. The fourth-order valence-corrected chi connectivity index (χ4v) is 2.85. The lowest BCUT2D eigenvalue weighted by Gasteiger charge is -2.34. The highest BCUT2D eigenvalue weighted by atomic mass is 35.5. The van der Waals surface area contributed by atoms with Crippen molar-refractivity contribution in [3.8, 4) is 5.75 Å². The van der Waals surface area contributed by atoms with Gasteiger partial charge in [-0.2, -0.15) is 0 Å². The standard InChI is InChI=1S/C16H18F2N2O2.ClH/c1-21-12-5-4-11(17)14(15(12)18)16(13-3-2-10-22-13)20-8-6-19-7-9-20;/h2-5,10,16,19H,6-9H2,1H3;1H/t16-;/m0./s1. The Kier molecular flexibility index (Phi) is 5.98. The molecule has 0 spiro atoms. The SMILES string of the molecule is COc1ccc(F)c([C@H](c2ccco2)N2CCNCC2)c1F.Cl. The van der Waals surface area contributed by atoms with E-state index < -0.39 is 17.7 Å². The summed E-state index contributed by atoms with van der Waals surface area (Å²) in [6.45, 7) is 2.90. The molecule has 1 aromatic heterocycles. The monoisotopic (exact) mass is 344 g/mol. The van der Waals surface area contributed by atoms with E-state index in [1.807, 2.05) is 4.90 Å². The molecule has 1 atom stereocenters. The maximum atomic E-state index is 14.7. The molecular formula is C16H19ClF2N2O2. The second kappa shape index (κ2) is 7.77. The topological polar surface area (TPSA) is 37.6 Å². The lowest BCUT2D eigenvalue weighted by atomic mass is 10.00. The number of halogens is 3. The molecule has 126 valence electrons. The van der Waals surface area contributed by atoms with Crippen molar-refractivity contribution < 1.29 is 17.9 Å². The summed E-state index contributed by atoms with van der Waals surface area (Å²) < 4.78 is 39.5. The Balaban J connectivity index is 0.00000192. The predicted octanol–water partition coefficient (Wildman–Crippen LogP) is 2.98. The van der Waals surface area contributed by atoms with Crippen LogP contribution in [0.3, 0.4) is 0 Å². The summed E-state index contributed by atoms with van der Waals surface area (Å²) in [4.78, 5) is 2.01. The summed E-state index contributed by atoms with van der Waals surface area (Å²) in [5, 5.41) is 3.23. The van der Waals surface area contributed by atoms with Crippen molar-refractivity contribution in [3.05, 3.63) is 53.5 Å². The molecule has 2 heterocycles. The number of hydrogen-bond acceptors (Lipinski definition) is 4. The first kappa shape index (κ1) is 17.7. The minimum atomic E-state index is -0.678. The third kappa shape index (κ3) is 3.49. The number of furan rings is 1. The van der Waals surface area contributed by atoms with Crippen LogP contribution in [0.5, 0.6) is 5.75 Å². The van der Waals surface area contributed by atoms with E-state index in [4.69, 9.17) is 9.15 Å². The number of nitrogens with zero attached hydrogens (tertiary/aromatic N) is 1. The molecule has 0 unspecified atom stereocenters. The molecule has 1 aliphatic heterocycles. The molecule has 1 aromatic carbocycles. The van der Waals surface area contributed by atoms with E-state index in [-0.39, 0.29) is 23.7 Å². The van der Waals surface area contributed by atoms with E-state index in [9.17, 15) is 8.78 Å². The number of ether oxygens (including phenoxy) is 1. The Labute approximate surface area is 139 Å². The molecule has 0 aliphatic carbocycles. The van der Waals surface area contributed by atoms with E-state index in [1.165, 1.54) is 25.5 Å². The normalized spacial score (nSPS) is 16.7. The van der Waals surface area contributed by atoms with Crippen LogP contribution in [0.1, 0.15) is 17.4 Å². The molecular weight excluding hydrogens is 326 g/mol. The van der Waals surface area contributed by atoms with Gasteiger partial charge in [-0.15, -0.1) is 12.4 Å². The maximum absolute atomic E-state index is 14.7. The molecule has 1 aliphatic rings. The van der Waals surface area contributed by atoms with E-state index in [2.05, 4.69) is 5.32 Å². The van der Waals surface area contributed by atoms with Crippen LogP contribution in [-0.4, -0.2) is 38.2 Å². The van der Waals surface area contributed by atoms with Crippen LogP contribution >= 0.6 is 12.4 Å². The van der Waals surface area contributed by atoms with Crippen molar-refractivity contribution in [3.63, 3.8) is 0 Å². The minimum absolute atomic E-state index is 0. The predicted molar refractivity (Wildman–Crippen MR) is 85.2 cm³/mol. The highest BCUT2D eigenvalue weighted by molar-refractivity contribution is 5.85. The van der Waals surface area contributed by atoms with Gasteiger partial charge in [0.05, 0.1) is 25.0 Å². The van der Waals surface area contributed by atoms with Crippen molar-refractivity contribution >= 4 is 12.4 Å². The Morgan fingerprint density at radius 1 is 1.22 bits per heavy atom. The summed E-state index contributed by atoms with van der Waals surface area (Å²) in [6.07, 6.45) is 1.51. The molecule has 1 N–H and O–H groups in total. The molecule has 7 heteroatoms. The number of rotatable bonds is 4. The van der Waals surface area contributed by atoms with Crippen molar-refractivity contribution in [1.29, 1.82) is 0 Å². The van der Waals surface area contributed by atoms with Crippen LogP contribution in [0.2, 0.25) is 0 Å². The third-order valence-electron chi connectivity index (χ3n) is 3.91. The minimum Gasteiger partial charge on any atom is -0.494 e. The summed E-state index contributed by atoms with van der Waals surface area (Å²) in [5.41, 5.74) is -0.0313. The molecule has 0 bridgehead atoms. The van der Waals surface area contributed by atoms with Gasteiger partial charge in [0.15, 0.2) is 11.6 Å². The maximum Gasteiger partial charge on any atom is 0.173 e. The number of benzene rings is 1. The molecule has 1 saturated heterocycles. The summed E-state index contributed by atoms with van der Waals surface area (Å²) in [5.74, 6) is -0.725. The van der Waals surface area contributed by atoms with Crippen LogP contribution in [0.25, 0.3) is 0 Å². The lowest BCUT2D eigenvalue weighted by Crippen LogP contribution is -2.45. The van der Waals surface area contributed by atoms with Gasteiger partial charge >= 0.3 is 0 Å². The fraction of sp³-hybridized carbons (Fsp3) is 0.375. The van der Waals surface area contributed by atoms with Gasteiger partial charge in [0.1, 0.15) is 11.6 Å². The molecule has 1 fully saturated rings. The summed E-state index contributed by atoms with van der Waals surface area (Å²) in [6, 6.07) is 5.39. The molecule has 0 saturated carbocycles. The zero-order chi connectivity index (χ0) is 15.5. The number of hydrogen-bond donors (Lipinski definition) is 1. The van der Waals surface area contributed by atoms with Crippen molar-refractivity contribution in [2.24, 2.45) is 0 Å². The fourth-order valence-electron chi connectivity index (χ4n) is 2.85. The van der Waals surface area contributed by atoms with Gasteiger partial charge in [-0.3, -0.25) is 4.90 Å². The van der Waals surface area contributed by atoms with Crippen LogP contribution in [0, 0.1) is 11.6 Å². The van der Waals surface area contributed by atoms with Crippen LogP contribution in [0.4, 0.5) is 8.78 Å². The van der Waals surface area contributed by atoms with E-state index in [0.29, 0.717) is 18.8 Å². The second-order valence-corrected chi connectivity index (χ2v) is 5.18. The zero-order valence-electron chi connectivity index (χ0n) is 12.7. The molecule has 23 heavy (non-hydrogen) atoms. The van der Waals surface area contributed by atoms with Crippen molar-refractivity contribution in [1.82, 2.24) is 10.2 Å². The Hall–Kier alpha value is -1.63. The van der Waals surface area contributed by atoms with E-state index in [0.717, 1.165) is 13.1 Å². The first-order chi connectivity index (χ1) is 10.7. The van der Waals surface area contributed by atoms with Gasteiger partial charge in [0.25, 0.3) is 0 Å². The van der Waals surface area contributed by atoms with E-state index >= 15 is 0 Å². The average molecular weight is 345 g/mol. The lowest BCUT2D eigenvalue weighted by molar-refractivity contribution is 0.173.